The number of carbonyl (C=O) groups excluding carboxylic acids is 1. The van der Waals surface area contributed by atoms with Crippen molar-refractivity contribution in [3.05, 3.63) is 36.7 Å². The van der Waals surface area contributed by atoms with Crippen LogP contribution in [-0.4, -0.2) is 74.8 Å². The molecule has 0 unspecified atom stereocenters. The molecule has 35 heavy (non-hydrogen) atoms. The zero-order valence-electron chi connectivity index (χ0n) is 20.1. The van der Waals surface area contributed by atoms with Gasteiger partial charge in [0.15, 0.2) is 5.82 Å². The van der Waals surface area contributed by atoms with Crippen molar-refractivity contribution in [2.24, 2.45) is 0 Å². The third-order valence-electron chi connectivity index (χ3n) is 6.60. The second kappa shape index (κ2) is 10.2. The topological polar surface area (TPSA) is 121 Å². The fourth-order valence-corrected chi connectivity index (χ4v) is 4.67. The summed E-state index contributed by atoms with van der Waals surface area (Å²) in [6, 6.07) is 10.2. The summed E-state index contributed by atoms with van der Waals surface area (Å²) < 4.78 is 1.51. The van der Waals surface area contributed by atoms with Crippen LogP contribution in [0.25, 0.3) is 5.82 Å². The van der Waals surface area contributed by atoms with Gasteiger partial charge in [-0.05, 0) is 49.9 Å². The van der Waals surface area contributed by atoms with Gasteiger partial charge in [-0.15, -0.1) is 5.10 Å². The number of nitrogens with two attached hydrogens (primary N) is 1. The smallest absolute Gasteiger partial charge is 0.248 e. The molecule has 0 bridgehead atoms. The molecule has 2 fully saturated rings. The van der Waals surface area contributed by atoms with Gasteiger partial charge < -0.3 is 25.8 Å². The molecule has 2 saturated heterocycles. The lowest BCUT2D eigenvalue weighted by Crippen LogP contribution is -2.33. The van der Waals surface area contributed by atoms with Gasteiger partial charge in [0.1, 0.15) is 12.1 Å². The molecule has 0 aliphatic carbocycles. The van der Waals surface area contributed by atoms with Crippen molar-refractivity contribution in [2.75, 3.05) is 60.1 Å². The highest BCUT2D eigenvalue weighted by Gasteiger charge is 2.19. The third kappa shape index (κ3) is 5.28. The standard InChI is InChI=1S/C24H32N10O/c1-18(35)31-12-5-13-33(15-14-31)21-16-22(27-17-26-21)34-23(25)29-24(30-34)28-19-6-8-20(9-7-19)32-10-3-2-4-11-32/h6-9,16-17H,2-5,10-15H2,1H3,(H3,25,28,29,30). The number of amides is 1. The minimum atomic E-state index is 0.104. The first-order valence-electron chi connectivity index (χ1n) is 12.2. The van der Waals surface area contributed by atoms with Gasteiger partial charge in [0.05, 0.1) is 0 Å². The van der Waals surface area contributed by atoms with Crippen LogP contribution in [0.1, 0.15) is 32.6 Å². The Labute approximate surface area is 205 Å². The lowest BCUT2D eigenvalue weighted by molar-refractivity contribution is -0.128. The zero-order chi connectivity index (χ0) is 24.2. The Kier molecular flexibility index (Phi) is 6.64. The lowest BCUT2D eigenvalue weighted by atomic mass is 10.1. The molecular formula is C24H32N10O. The minimum absolute atomic E-state index is 0.104. The summed E-state index contributed by atoms with van der Waals surface area (Å²) >= 11 is 0. The van der Waals surface area contributed by atoms with Crippen LogP contribution >= 0.6 is 0 Å². The predicted molar refractivity (Wildman–Crippen MR) is 136 cm³/mol. The van der Waals surface area contributed by atoms with Gasteiger partial charge in [0.2, 0.25) is 17.8 Å². The zero-order valence-corrected chi connectivity index (χ0v) is 20.1. The molecule has 2 aromatic heterocycles. The van der Waals surface area contributed by atoms with E-state index < -0.39 is 0 Å². The Morgan fingerprint density at radius 2 is 1.63 bits per heavy atom. The Hall–Kier alpha value is -3.89. The van der Waals surface area contributed by atoms with E-state index in [2.05, 4.69) is 47.3 Å². The van der Waals surface area contributed by atoms with Crippen LogP contribution in [0.2, 0.25) is 0 Å². The molecule has 2 aliphatic rings. The highest BCUT2D eigenvalue weighted by atomic mass is 16.2. The number of carbonyl (C=O) groups is 1. The van der Waals surface area contributed by atoms with Gasteiger partial charge in [0.25, 0.3) is 0 Å². The highest BCUT2D eigenvalue weighted by Crippen LogP contribution is 2.24. The summed E-state index contributed by atoms with van der Waals surface area (Å²) in [6.07, 6.45) is 6.21. The quantitative estimate of drug-likeness (QED) is 0.572. The van der Waals surface area contributed by atoms with E-state index in [1.807, 2.05) is 23.1 Å². The number of anilines is 5. The average molecular weight is 477 g/mol. The van der Waals surface area contributed by atoms with E-state index in [0.717, 1.165) is 44.1 Å². The second-order valence-electron chi connectivity index (χ2n) is 9.01. The van der Waals surface area contributed by atoms with Gasteiger partial charge >= 0.3 is 0 Å². The molecule has 0 radical (unpaired) electrons. The molecule has 11 heteroatoms. The Morgan fingerprint density at radius 1 is 0.886 bits per heavy atom. The highest BCUT2D eigenvalue weighted by molar-refractivity contribution is 5.73. The average Bonchev–Trinajstić information content (AvgIpc) is 3.08. The number of hydrogen-bond acceptors (Lipinski definition) is 9. The van der Waals surface area contributed by atoms with Crippen LogP contribution in [-0.2, 0) is 4.79 Å². The van der Waals surface area contributed by atoms with Crippen molar-refractivity contribution in [3.63, 3.8) is 0 Å². The van der Waals surface area contributed by atoms with E-state index in [4.69, 9.17) is 5.73 Å². The maximum absolute atomic E-state index is 11.7. The van der Waals surface area contributed by atoms with E-state index in [-0.39, 0.29) is 11.9 Å². The summed E-state index contributed by atoms with van der Waals surface area (Å²) in [4.78, 5) is 31.4. The number of aromatic nitrogens is 5. The maximum atomic E-state index is 11.7. The number of benzene rings is 1. The number of nitrogens with zero attached hydrogens (tertiary/aromatic N) is 8. The molecule has 11 nitrogen and oxygen atoms in total. The molecule has 2 aliphatic heterocycles. The van der Waals surface area contributed by atoms with Gasteiger partial charge in [0, 0.05) is 63.6 Å². The Morgan fingerprint density at radius 3 is 2.40 bits per heavy atom. The first-order chi connectivity index (χ1) is 17.1. The maximum Gasteiger partial charge on any atom is 0.248 e. The van der Waals surface area contributed by atoms with E-state index in [0.29, 0.717) is 24.9 Å². The normalized spacial score (nSPS) is 16.8. The van der Waals surface area contributed by atoms with Crippen LogP contribution in [0.5, 0.6) is 0 Å². The van der Waals surface area contributed by atoms with Gasteiger partial charge in [-0.2, -0.15) is 9.67 Å². The van der Waals surface area contributed by atoms with Crippen molar-refractivity contribution in [3.8, 4) is 5.82 Å². The summed E-state index contributed by atoms with van der Waals surface area (Å²) in [5, 5.41) is 7.76. The summed E-state index contributed by atoms with van der Waals surface area (Å²) in [5.41, 5.74) is 8.31. The molecule has 184 valence electrons. The largest absolute Gasteiger partial charge is 0.372 e. The van der Waals surface area contributed by atoms with Crippen LogP contribution in [0, 0.1) is 0 Å². The Bertz CT molecular complexity index is 1160. The number of hydrogen-bond donors (Lipinski definition) is 2. The molecule has 0 atom stereocenters. The second-order valence-corrected chi connectivity index (χ2v) is 9.01. The van der Waals surface area contributed by atoms with Crippen LogP contribution in [0.3, 0.4) is 0 Å². The number of nitrogens with one attached hydrogen (secondary N) is 1. The van der Waals surface area contributed by atoms with Crippen LogP contribution in [0.4, 0.5) is 29.1 Å². The molecule has 1 amide bonds. The van der Waals surface area contributed by atoms with E-state index >= 15 is 0 Å². The predicted octanol–water partition coefficient (Wildman–Crippen LogP) is 2.43. The van der Waals surface area contributed by atoms with Crippen molar-refractivity contribution < 1.29 is 4.79 Å². The van der Waals surface area contributed by atoms with E-state index in [1.165, 1.54) is 36.0 Å². The fourth-order valence-electron chi connectivity index (χ4n) is 4.67. The molecular weight excluding hydrogens is 444 g/mol. The first-order valence-corrected chi connectivity index (χ1v) is 12.2. The van der Waals surface area contributed by atoms with Crippen molar-refractivity contribution in [2.45, 2.75) is 32.6 Å². The van der Waals surface area contributed by atoms with E-state index in [1.54, 1.807) is 6.92 Å². The van der Waals surface area contributed by atoms with Crippen LogP contribution < -0.4 is 20.9 Å². The van der Waals surface area contributed by atoms with Gasteiger partial charge in [-0.1, -0.05) is 0 Å². The third-order valence-corrected chi connectivity index (χ3v) is 6.60. The van der Waals surface area contributed by atoms with E-state index in [9.17, 15) is 4.79 Å². The summed E-state index contributed by atoms with van der Waals surface area (Å²) in [6.45, 7) is 6.79. The van der Waals surface area contributed by atoms with Gasteiger partial charge in [-0.25, -0.2) is 9.97 Å². The number of nitrogen functional groups attached to an aromatic ring is 1. The van der Waals surface area contributed by atoms with Gasteiger partial charge in [-0.3, -0.25) is 4.79 Å². The number of rotatable bonds is 5. The summed E-state index contributed by atoms with van der Waals surface area (Å²) in [5.74, 6) is 2.06. The molecule has 0 saturated carbocycles. The molecule has 5 rings (SSSR count). The number of piperidine rings is 1. The summed E-state index contributed by atoms with van der Waals surface area (Å²) in [7, 11) is 0. The Balaban J connectivity index is 1.28. The molecule has 3 aromatic rings. The molecule has 0 spiro atoms. The lowest BCUT2D eigenvalue weighted by Gasteiger charge is -2.28. The van der Waals surface area contributed by atoms with Crippen molar-refractivity contribution >= 4 is 35.0 Å². The molecule has 1 aromatic carbocycles. The minimum Gasteiger partial charge on any atom is -0.372 e. The molecule has 3 N–H and O–H groups in total. The first kappa shape index (κ1) is 22.9. The van der Waals surface area contributed by atoms with Crippen molar-refractivity contribution in [1.82, 2.24) is 29.6 Å². The van der Waals surface area contributed by atoms with Crippen LogP contribution in [0.15, 0.2) is 36.7 Å². The fraction of sp³-hybridized carbons (Fsp3) is 0.458. The monoisotopic (exact) mass is 476 g/mol. The molecule has 4 heterocycles. The van der Waals surface area contributed by atoms with Crippen molar-refractivity contribution in [1.29, 1.82) is 0 Å². The SMILES string of the molecule is CC(=O)N1CCCN(c2cc(-n3nc(Nc4ccc(N5CCCCC5)cc4)nc3N)ncn2)CC1.